The van der Waals surface area contributed by atoms with Gasteiger partial charge in [-0.1, -0.05) is 38.1 Å². The SMILES string of the molecule is CC(C)(CCC(=O)CCC(=O)CCC(C)(C)c1nn[nH]n1)c1nn[nH]n1. The highest BCUT2D eigenvalue weighted by molar-refractivity contribution is 5.86. The molecule has 2 N–H and O–H groups in total. The number of aromatic amines is 2. The number of Topliss-reactive ketones (excluding diaryl/α,β-unsaturated/α-hetero) is 2. The Morgan fingerprint density at radius 2 is 1.12 bits per heavy atom. The fourth-order valence-electron chi connectivity index (χ4n) is 2.55. The summed E-state index contributed by atoms with van der Waals surface area (Å²) in [4.78, 5) is 24.2. The third-order valence-electron chi connectivity index (χ3n) is 4.64. The summed E-state index contributed by atoms with van der Waals surface area (Å²) in [5.74, 6) is 1.33. The van der Waals surface area contributed by atoms with E-state index in [1.54, 1.807) is 0 Å². The molecule has 10 heteroatoms. The molecule has 2 heterocycles. The van der Waals surface area contributed by atoms with Gasteiger partial charge < -0.3 is 0 Å². The number of carbonyl (C=O) groups excluding carboxylic acids is 2. The van der Waals surface area contributed by atoms with Gasteiger partial charge in [-0.3, -0.25) is 9.59 Å². The van der Waals surface area contributed by atoms with E-state index < -0.39 is 0 Å². The lowest BCUT2D eigenvalue weighted by Crippen LogP contribution is -2.22. The lowest BCUT2D eigenvalue weighted by Gasteiger charge is -2.20. The Hall–Kier alpha value is -2.52. The molecule has 142 valence electrons. The highest BCUT2D eigenvalue weighted by atomic mass is 16.1. The molecule has 0 amide bonds. The molecule has 0 aromatic carbocycles. The Morgan fingerprint density at radius 1 is 0.731 bits per heavy atom. The van der Waals surface area contributed by atoms with Crippen LogP contribution in [0, 0.1) is 0 Å². The zero-order valence-corrected chi connectivity index (χ0v) is 15.7. The monoisotopic (exact) mass is 362 g/mol. The fourth-order valence-corrected chi connectivity index (χ4v) is 2.55. The van der Waals surface area contributed by atoms with Gasteiger partial charge in [-0.05, 0) is 12.8 Å². The molecule has 0 saturated carbocycles. The first-order valence-corrected chi connectivity index (χ1v) is 8.72. The van der Waals surface area contributed by atoms with Crippen LogP contribution < -0.4 is 0 Å². The minimum atomic E-state index is -0.332. The van der Waals surface area contributed by atoms with Crippen LogP contribution in [0.3, 0.4) is 0 Å². The van der Waals surface area contributed by atoms with Gasteiger partial charge in [-0.2, -0.15) is 10.4 Å². The highest BCUT2D eigenvalue weighted by Gasteiger charge is 2.27. The number of carbonyl (C=O) groups is 2. The van der Waals surface area contributed by atoms with Crippen LogP contribution in [0.15, 0.2) is 0 Å². The second-order valence-corrected chi connectivity index (χ2v) is 7.82. The number of nitrogens with one attached hydrogen (secondary N) is 2. The molecule has 0 aliphatic carbocycles. The average molecular weight is 362 g/mol. The third kappa shape index (κ3) is 5.50. The van der Waals surface area contributed by atoms with Crippen LogP contribution in [0.2, 0.25) is 0 Å². The van der Waals surface area contributed by atoms with Crippen LogP contribution in [0.5, 0.6) is 0 Å². The van der Waals surface area contributed by atoms with Gasteiger partial charge in [0.2, 0.25) is 0 Å². The van der Waals surface area contributed by atoms with Crippen molar-refractivity contribution in [2.45, 2.75) is 77.0 Å². The molecule has 0 aliphatic rings. The number of tetrazole rings is 2. The van der Waals surface area contributed by atoms with Gasteiger partial charge >= 0.3 is 0 Å². The number of hydrogen-bond acceptors (Lipinski definition) is 8. The molecule has 10 nitrogen and oxygen atoms in total. The Balaban J connectivity index is 1.69. The van der Waals surface area contributed by atoms with Crippen molar-refractivity contribution < 1.29 is 9.59 Å². The zero-order chi connectivity index (χ0) is 19.2. The van der Waals surface area contributed by atoms with Crippen LogP contribution in [0.4, 0.5) is 0 Å². The molecule has 2 aromatic rings. The largest absolute Gasteiger partial charge is 0.300 e. The second-order valence-electron chi connectivity index (χ2n) is 7.82. The quantitative estimate of drug-likeness (QED) is 0.611. The van der Waals surface area contributed by atoms with Crippen molar-refractivity contribution in [3.8, 4) is 0 Å². The topological polar surface area (TPSA) is 143 Å². The van der Waals surface area contributed by atoms with Crippen molar-refractivity contribution in [1.29, 1.82) is 0 Å². The molecule has 0 bridgehead atoms. The predicted octanol–water partition coefficient (Wildman–Crippen LogP) is 1.45. The third-order valence-corrected chi connectivity index (χ3v) is 4.64. The number of nitrogens with zero attached hydrogens (tertiary/aromatic N) is 6. The summed E-state index contributed by atoms with van der Waals surface area (Å²) >= 11 is 0. The van der Waals surface area contributed by atoms with Crippen molar-refractivity contribution in [3.63, 3.8) is 0 Å². The standard InChI is InChI=1S/C16H26N8O2/c1-15(2,13-17-21-22-18-13)9-7-11(25)5-6-12(26)8-10-16(3,4)14-19-23-24-20-14/h5-10H2,1-4H3,(H,17,18,21,22)(H,19,20,23,24). The normalized spacial score (nSPS) is 12.3. The first-order chi connectivity index (χ1) is 12.2. The molecule has 0 spiro atoms. The molecular formula is C16H26N8O2. The van der Waals surface area contributed by atoms with Crippen LogP contribution >= 0.6 is 0 Å². The molecule has 2 rings (SSSR count). The lowest BCUT2D eigenvalue weighted by atomic mass is 9.84. The Morgan fingerprint density at radius 3 is 1.42 bits per heavy atom. The highest BCUT2D eigenvalue weighted by Crippen LogP contribution is 2.26. The van der Waals surface area contributed by atoms with Crippen molar-refractivity contribution >= 4 is 11.6 Å². The molecule has 0 fully saturated rings. The van der Waals surface area contributed by atoms with Gasteiger partial charge in [-0.25, -0.2) is 0 Å². The average Bonchev–Trinajstić information content (AvgIpc) is 3.30. The predicted molar refractivity (Wildman–Crippen MR) is 92.1 cm³/mol. The second kappa shape index (κ2) is 8.24. The van der Waals surface area contributed by atoms with E-state index in [1.165, 1.54) is 0 Å². The van der Waals surface area contributed by atoms with Crippen LogP contribution in [0.1, 0.15) is 77.9 Å². The Labute approximate surface area is 151 Å². The summed E-state index contributed by atoms with van der Waals surface area (Å²) in [6, 6.07) is 0. The number of rotatable bonds is 11. The summed E-state index contributed by atoms with van der Waals surface area (Å²) in [5, 5.41) is 27.9. The number of hydrogen-bond donors (Lipinski definition) is 2. The molecule has 2 aromatic heterocycles. The Kier molecular flexibility index (Phi) is 6.27. The van der Waals surface area contributed by atoms with Crippen LogP contribution in [-0.4, -0.2) is 52.8 Å². The van der Waals surface area contributed by atoms with Gasteiger partial charge in [0.25, 0.3) is 0 Å². The minimum absolute atomic E-state index is 0.0762. The van der Waals surface area contributed by atoms with E-state index in [1.807, 2.05) is 27.7 Å². The number of aromatic nitrogens is 8. The van der Waals surface area contributed by atoms with Gasteiger partial charge in [-0.15, -0.1) is 20.4 Å². The van der Waals surface area contributed by atoms with Crippen molar-refractivity contribution in [2.75, 3.05) is 0 Å². The van der Waals surface area contributed by atoms with E-state index >= 15 is 0 Å². The fraction of sp³-hybridized carbons (Fsp3) is 0.750. The molecule has 0 aliphatic heterocycles. The number of ketones is 2. The molecule has 0 radical (unpaired) electrons. The molecule has 26 heavy (non-hydrogen) atoms. The van der Waals surface area contributed by atoms with Crippen LogP contribution in [-0.2, 0) is 20.4 Å². The van der Waals surface area contributed by atoms with E-state index in [2.05, 4.69) is 41.2 Å². The molecular weight excluding hydrogens is 336 g/mol. The first-order valence-electron chi connectivity index (χ1n) is 8.72. The van der Waals surface area contributed by atoms with E-state index in [4.69, 9.17) is 0 Å². The Bertz CT molecular complexity index is 644. The summed E-state index contributed by atoms with van der Waals surface area (Å²) in [6.07, 6.45) is 2.55. The van der Waals surface area contributed by atoms with E-state index in [9.17, 15) is 9.59 Å². The lowest BCUT2D eigenvalue weighted by molar-refractivity contribution is -0.124. The zero-order valence-electron chi connectivity index (χ0n) is 15.7. The van der Waals surface area contributed by atoms with Crippen molar-refractivity contribution in [2.24, 2.45) is 0 Å². The molecule has 0 atom stereocenters. The molecule has 0 unspecified atom stereocenters. The maximum atomic E-state index is 12.1. The van der Waals surface area contributed by atoms with Crippen LogP contribution in [0.25, 0.3) is 0 Å². The summed E-state index contributed by atoms with van der Waals surface area (Å²) in [5.41, 5.74) is -0.664. The first kappa shape index (κ1) is 19.8. The maximum Gasteiger partial charge on any atom is 0.180 e. The number of H-pyrrole nitrogens is 2. The summed E-state index contributed by atoms with van der Waals surface area (Å²) in [6.45, 7) is 7.87. The van der Waals surface area contributed by atoms with Crippen molar-refractivity contribution in [3.05, 3.63) is 11.6 Å². The van der Waals surface area contributed by atoms with Gasteiger partial charge in [0.1, 0.15) is 11.6 Å². The van der Waals surface area contributed by atoms with E-state index in [0.717, 1.165) is 0 Å². The van der Waals surface area contributed by atoms with E-state index in [0.29, 0.717) is 37.3 Å². The minimum Gasteiger partial charge on any atom is -0.300 e. The maximum absolute atomic E-state index is 12.1. The summed E-state index contributed by atoms with van der Waals surface area (Å²) < 4.78 is 0. The van der Waals surface area contributed by atoms with Gasteiger partial charge in [0, 0.05) is 36.5 Å². The van der Waals surface area contributed by atoms with Gasteiger partial charge in [0.05, 0.1) is 0 Å². The van der Waals surface area contributed by atoms with Gasteiger partial charge in [0.15, 0.2) is 11.6 Å². The van der Waals surface area contributed by atoms with Crippen molar-refractivity contribution in [1.82, 2.24) is 41.2 Å². The smallest absolute Gasteiger partial charge is 0.180 e. The summed E-state index contributed by atoms with van der Waals surface area (Å²) in [7, 11) is 0. The van der Waals surface area contributed by atoms with E-state index in [-0.39, 0.29) is 35.2 Å². The molecule has 0 saturated heterocycles.